The first-order valence-electron chi connectivity index (χ1n) is 5.58. The molecule has 0 aromatic rings. The third kappa shape index (κ3) is 3.23. The highest BCUT2D eigenvalue weighted by molar-refractivity contribution is 4.83. The maximum absolute atomic E-state index is 5.09. The first-order valence-corrected chi connectivity index (χ1v) is 5.58. The van der Waals surface area contributed by atoms with Crippen molar-refractivity contribution in [2.75, 3.05) is 40.4 Å². The van der Waals surface area contributed by atoms with Crippen LogP contribution in [0.3, 0.4) is 0 Å². The molecular formula is C11H24N2O. The lowest BCUT2D eigenvalue weighted by Gasteiger charge is -2.25. The number of nitrogens with zero attached hydrogens (tertiary/aromatic N) is 2. The first-order chi connectivity index (χ1) is 6.65. The second kappa shape index (κ2) is 5.69. The second-order valence-corrected chi connectivity index (χ2v) is 4.50. The zero-order chi connectivity index (χ0) is 10.6. The average molecular weight is 200 g/mol. The van der Waals surface area contributed by atoms with Gasteiger partial charge in [-0.2, -0.15) is 0 Å². The van der Waals surface area contributed by atoms with E-state index < -0.39 is 0 Å². The highest BCUT2D eigenvalue weighted by Crippen LogP contribution is 2.16. The third-order valence-electron chi connectivity index (χ3n) is 3.20. The van der Waals surface area contributed by atoms with Crippen LogP contribution in [0.4, 0.5) is 0 Å². The SMILES string of the molecule is COCCN(C)[C@@H]1CCN(C(C)C)C1. The summed E-state index contributed by atoms with van der Waals surface area (Å²) in [5, 5.41) is 0. The Balaban J connectivity index is 2.26. The van der Waals surface area contributed by atoms with Crippen LogP contribution >= 0.6 is 0 Å². The van der Waals surface area contributed by atoms with E-state index in [2.05, 4.69) is 30.7 Å². The molecule has 3 nitrogen and oxygen atoms in total. The van der Waals surface area contributed by atoms with Gasteiger partial charge in [0.05, 0.1) is 6.61 Å². The summed E-state index contributed by atoms with van der Waals surface area (Å²) in [6.45, 7) is 8.91. The Bertz CT molecular complexity index is 161. The van der Waals surface area contributed by atoms with Crippen molar-refractivity contribution < 1.29 is 4.74 Å². The maximum Gasteiger partial charge on any atom is 0.0589 e. The zero-order valence-electron chi connectivity index (χ0n) is 9.99. The van der Waals surface area contributed by atoms with Crippen LogP contribution in [-0.2, 0) is 4.74 Å². The van der Waals surface area contributed by atoms with Crippen LogP contribution in [0.1, 0.15) is 20.3 Å². The third-order valence-corrected chi connectivity index (χ3v) is 3.20. The average Bonchev–Trinajstić information content (AvgIpc) is 2.62. The highest BCUT2D eigenvalue weighted by atomic mass is 16.5. The molecule has 84 valence electrons. The molecule has 14 heavy (non-hydrogen) atoms. The minimum absolute atomic E-state index is 0.691. The molecule has 1 atom stereocenters. The summed E-state index contributed by atoms with van der Waals surface area (Å²) in [4.78, 5) is 4.97. The fourth-order valence-electron chi connectivity index (χ4n) is 2.01. The van der Waals surface area contributed by atoms with E-state index >= 15 is 0 Å². The van der Waals surface area contributed by atoms with Crippen LogP contribution in [0.2, 0.25) is 0 Å². The number of hydrogen-bond acceptors (Lipinski definition) is 3. The number of ether oxygens (including phenoxy) is 1. The smallest absolute Gasteiger partial charge is 0.0589 e. The minimum Gasteiger partial charge on any atom is -0.383 e. The molecule has 0 spiro atoms. The lowest BCUT2D eigenvalue weighted by Crippen LogP contribution is -2.38. The molecule has 1 aliphatic rings. The van der Waals surface area contributed by atoms with E-state index in [9.17, 15) is 0 Å². The van der Waals surface area contributed by atoms with E-state index in [1.54, 1.807) is 7.11 Å². The van der Waals surface area contributed by atoms with E-state index in [1.807, 2.05) is 0 Å². The molecular weight excluding hydrogens is 176 g/mol. The Morgan fingerprint density at radius 3 is 2.71 bits per heavy atom. The molecule has 0 aromatic heterocycles. The van der Waals surface area contributed by atoms with Crippen molar-refractivity contribution in [2.45, 2.75) is 32.4 Å². The Kier molecular flexibility index (Phi) is 4.85. The van der Waals surface area contributed by atoms with Crippen molar-refractivity contribution in [1.82, 2.24) is 9.80 Å². The van der Waals surface area contributed by atoms with Crippen molar-refractivity contribution in [3.63, 3.8) is 0 Å². The summed E-state index contributed by atoms with van der Waals surface area (Å²) in [5.74, 6) is 0. The number of likely N-dealkylation sites (tertiary alicyclic amines) is 1. The standard InChI is InChI=1S/C11H24N2O/c1-10(2)13-6-5-11(9-13)12(3)7-8-14-4/h10-11H,5-9H2,1-4H3/t11-/m1/s1. The summed E-state index contributed by atoms with van der Waals surface area (Å²) in [6.07, 6.45) is 1.30. The predicted octanol–water partition coefficient (Wildman–Crippen LogP) is 1.05. The molecule has 1 aliphatic heterocycles. The summed E-state index contributed by atoms with van der Waals surface area (Å²) in [6, 6.07) is 1.42. The Morgan fingerprint density at radius 2 is 2.21 bits per heavy atom. The highest BCUT2D eigenvalue weighted by Gasteiger charge is 2.26. The molecule has 1 rings (SSSR count). The van der Waals surface area contributed by atoms with Gasteiger partial charge in [0.25, 0.3) is 0 Å². The van der Waals surface area contributed by atoms with Crippen molar-refractivity contribution in [2.24, 2.45) is 0 Å². The maximum atomic E-state index is 5.09. The van der Waals surface area contributed by atoms with Crippen LogP contribution < -0.4 is 0 Å². The van der Waals surface area contributed by atoms with E-state index in [0.29, 0.717) is 6.04 Å². The van der Waals surface area contributed by atoms with Crippen LogP contribution in [-0.4, -0.2) is 62.3 Å². The van der Waals surface area contributed by atoms with Crippen molar-refractivity contribution in [1.29, 1.82) is 0 Å². The lowest BCUT2D eigenvalue weighted by atomic mass is 10.2. The van der Waals surface area contributed by atoms with E-state index in [0.717, 1.165) is 19.2 Å². The Labute approximate surface area is 88.0 Å². The van der Waals surface area contributed by atoms with Crippen LogP contribution in [0, 0.1) is 0 Å². The molecule has 1 heterocycles. The molecule has 0 amide bonds. The van der Waals surface area contributed by atoms with Gasteiger partial charge >= 0.3 is 0 Å². The molecule has 0 unspecified atom stereocenters. The van der Waals surface area contributed by atoms with Gasteiger partial charge in [0.1, 0.15) is 0 Å². The summed E-state index contributed by atoms with van der Waals surface area (Å²) < 4.78 is 5.09. The van der Waals surface area contributed by atoms with Gasteiger partial charge in [-0.25, -0.2) is 0 Å². The number of likely N-dealkylation sites (N-methyl/N-ethyl adjacent to an activating group) is 1. The summed E-state index contributed by atoms with van der Waals surface area (Å²) in [7, 11) is 3.97. The van der Waals surface area contributed by atoms with Crippen molar-refractivity contribution in [3.8, 4) is 0 Å². The Morgan fingerprint density at radius 1 is 1.50 bits per heavy atom. The van der Waals surface area contributed by atoms with Gasteiger partial charge in [-0.15, -0.1) is 0 Å². The topological polar surface area (TPSA) is 15.7 Å². The first kappa shape index (κ1) is 12.0. The van der Waals surface area contributed by atoms with Crippen LogP contribution in [0.5, 0.6) is 0 Å². The van der Waals surface area contributed by atoms with Gasteiger partial charge in [-0.1, -0.05) is 0 Å². The Hall–Kier alpha value is -0.120. The number of rotatable bonds is 5. The molecule has 0 saturated carbocycles. The van der Waals surface area contributed by atoms with Gasteiger partial charge < -0.3 is 4.74 Å². The van der Waals surface area contributed by atoms with Gasteiger partial charge in [0.15, 0.2) is 0 Å². The summed E-state index contributed by atoms with van der Waals surface area (Å²) in [5.41, 5.74) is 0. The lowest BCUT2D eigenvalue weighted by molar-refractivity contribution is 0.137. The monoisotopic (exact) mass is 200 g/mol. The van der Waals surface area contributed by atoms with Gasteiger partial charge in [-0.05, 0) is 27.3 Å². The fraction of sp³-hybridized carbons (Fsp3) is 1.00. The van der Waals surface area contributed by atoms with Crippen molar-refractivity contribution in [3.05, 3.63) is 0 Å². The van der Waals surface area contributed by atoms with Crippen molar-refractivity contribution >= 4 is 0 Å². The number of hydrogen-bond donors (Lipinski definition) is 0. The van der Waals surface area contributed by atoms with Crippen LogP contribution in [0.15, 0.2) is 0 Å². The molecule has 0 radical (unpaired) electrons. The molecule has 0 aliphatic carbocycles. The fourth-order valence-corrected chi connectivity index (χ4v) is 2.01. The second-order valence-electron chi connectivity index (χ2n) is 4.50. The zero-order valence-corrected chi connectivity index (χ0v) is 9.99. The largest absolute Gasteiger partial charge is 0.383 e. The van der Waals surface area contributed by atoms with Crippen LogP contribution in [0.25, 0.3) is 0 Å². The van der Waals surface area contributed by atoms with Gasteiger partial charge in [0.2, 0.25) is 0 Å². The van der Waals surface area contributed by atoms with Gasteiger partial charge in [0, 0.05) is 38.8 Å². The molecule has 3 heteroatoms. The molecule has 1 fully saturated rings. The molecule has 0 aromatic carbocycles. The quantitative estimate of drug-likeness (QED) is 0.659. The molecule has 0 bridgehead atoms. The number of methoxy groups -OCH3 is 1. The predicted molar refractivity (Wildman–Crippen MR) is 59.6 cm³/mol. The van der Waals surface area contributed by atoms with E-state index in [-0.39, 0.29) is 0 Å². The minimum atomic E-state index is 0.691. The van der Waals surface area contributed by atoms with E-state index in [4.69, 9.17) is 4.74 Å². The van der Waals surface area contributed by atoms with Gasteiger partial charge in [-0.3, -0.25) is 9.80 Å². The normalized spacial score (nSPS) is 24.0. The van der Waals surface area contributed by atoms with E-state index in [1.165, 1.54) is 19.5 Å². The molecule has 1 saturated heterocycles. The summed E-state index contributed by atoms with van der Waals surface area (Å²) >= 11 is 0. The molecule has 0 N–H and O–H groups in total.